The molecule has 0 radical (unpaired) electrons. The molecular formula is C19H20N4O3. The highest BCUT2D eigenvalue weighted by Crippen LogP contribution is 2.23. The van der Waals surface area contributed by atoms with Crippen LogP contribution >= 0.6 is 0 Å². The number of aryl methyl sites for hydroxylation is 1. The van der Waals surface area contributed by atoms with Gasteiger partial charge in [-0.2, -0.15) is 5.10 Å². The molecule has 0 aliphatic carbocycles. The molecule has 3 heterocycles. The van der Waals surface area contributed by atoms with E-state index in [0.29, 0.717) is 24.3 Å². The molecule has 1 aliphatic rings. The molecule has 2 aromatic heterocycles. The number of fused-ring (bicyclic) bond motifs is 2. The van der Waals surface area contributed by atoms with Crippen molar-refractivity contribution < 1.29 is 14.6 Å². The van der Waals surface area contributed by atoms with E-state index in [-0.39, 0.29) is 5.75 Å². The van der Waals surface area contributed by atoms with Crippen LogP contribution in [0.4, 0.5) is 0 Å². The van der Waals surface area contributed by atoms with Gasteiger partial charge in [0.25, 0.3) is 0 Å². The average Bonchev–Trinajstić information content (AvgIpc) is 2.95. The highest BCUT2D eigenvalue weighted by atomic mass is 16.5. The number of nitrogens with zero attached hydrogens (tertiary/aromatic N) is 4. The van der Waals surface area contributed by atoms with Gasteiger partial charge in [0.1, 0.15) is 11.3 Å². The van der Waals surface area contributed by atoms with Crippen LogP contribution in [0.5, 0.6) is 5.75 Å². The molecule has 1 aliphatic heterocycles. The van der Waals surface area contributed by atoms with Gasteiger partial charge in [0, 0.05) is 31.6 Å². The number of ether oxygens (including phenoxy) is 1. The summed E-state index contributed by atoms with van der Waals surface area (Å²) in [6, 6.07) is 11.2. The number of rotatable bonds is 3. The van der Waals surface area contributed by atoms with Crippen molar-refractivity contribution in [2.45, 2.75) is 26.1 Å². The van der Waals surface area contributed by atoms with Gasteiger partial charge in [0.2, 0.25) is 0 Å². The van der Waals surface area contributed by atoms with Gasteiger partial charge in [-0.15, -0.1) is 0 Å². The number of carbonyl (C=O) groups is 1. The van der Waals surface area contributed by atoms with Crippen molar-refractivity contribution in [1.29, 1.82) is 0 Å². The Labute approximate surface area is 150 Å². The SMILES string of the molecule is COC(=O)c1cc2n(n1)CCCN(Cc1ccc3cccc(O)c3n1)C2. The fourth-order valence-corrected chi connectivity index (χ4v) is 3.36. The lowest BCUT2D eigenvalue weighted by atomic mass is 10.2. The number of phenols is 1. The maximum atomic E-state index is 11.7. The standard InChI is InChI=1S/C19H20N4O3/c1-26-19(25)16-10-15-12-22(8-3-9-23(15)21-16)11-14-7-6-13-4-2-5-17(24)18(13)20-14/h2,4-7,10,24H,3,8-9,11-12H2,1H3. The number of carbonyl (C=O) groups excluding carboxylic acids is 1. The van der Waals surface area contributed by atoms with Gasteiger partial charge < -0.3 is 9.84 Å². The summed E-state index contributed by atoms with van der Waals surface area (Å²) in [4.78, 5) is 18.6. The summed E-state index contributed by atoms with van der Waals surface area (Å²) < 4.78 is 6.64. The lowest BCUT2D eigenvalue weighted by Crippen LogP contribution is -2.23. The summed E-state index contributed by atoms with van der Waals surface area (Å²) in [5, 5.41) is 15.3. The first-order valence-electron chi connectivity index (χ1n) is 8.59. The molecule has 1 aromatic carbocycles. The minimum absolute atomic E-state index is 0.195. The van der Waals surface area contributed by atoms with Crippen LogP contribution in [-0.2, 0) is 24.4 Å². The van der Waals surface area contributed by atoms with Crippen LogP contribution in [0.15, 0.2) is 36.4 Å². The van der Waals surface area contributed by atoms with Crippen LogP contribution in [-0.4, -0.2) is 44.4 Å². The number of aromatic nitrogens is 3. The number of aromatic hydroxyl groups is 1. The molecule has 4 rings (SSSR count). The summed E-state index contributed by atoms with van der Waals surface area (Å²) in [7, 11) is 1.36. The summed E-state index contributed by atoms with van der Waals surface area (Å²) in [5.74, 6) is -0.218. The monoisotopic (exact) mass is 352 g/mol. The van der Waals surface area contributed by atoms with Crippen molar-refractivity contribution in [3.05, 3.63) is 53.5 Å². The van der Waals surface area contributed by atoms with Gasteiger partial charge in [-0.05, 0) is 24.6 Å². The Hall–Kier alpha value is -2.93. The van der Waals surface area contributed by atoms with Gasteiger partial charge in [0.15, 0.2) is 5.69 Å². The molecule has 3 aromatic rings. The lowest BCUT2D eigenvalue weighted by Gasteiger charge is -2.19. The molecule has 0 atom stereocenters. The Morgan fingerprint density at radius 2 is 2.15 bits per heavy atom. The first-order valence-corrected chi connectivity index (χ1v) is 8.59. The second-order valence-electron chi connectivity index (χ2n) is 6.45. The second-order valence-corrected chi connectivity index (χ2v) is 6.45. The normalized spacial score (nSPS) is 14.8. The highest BCUT2D eigenvalue weighted by Gasteiger charge is 2.20. The third-order valence-corrected chi connectivity index (χ3v) is 4.63. The van der Waals surface area contributed by atoms with E-state index >= 15 is 0 Å². The number of para-hydroxylation sites is 1. The summed E-state index contributed by atoms with van der Waals surface area (Å²) in [5.41, 5.74) is 2.86. The molecular weight excluding hydrogens is 332 g/mol. The Bertz CT molecular complexity index is 967. The van der Waals surface area contributed by atoms with E-state index in [1.165, 1.54) is 7.11 Å². The third kappa shape index (κ3) is 3.13. The number of methoxy groups -OCH3 is 1. The predicted molar refractivity (Wildman–Crippen MR) is 95.7 cm³/mol. The van der Waals surface area contributed by atoms with E-state index in [4.69, 9.17) is 4.74 Å². The number of phenolic OH excluding ortho intramolecular Hbond substituents is 1. The van der Waals surface area contributed by atoms with Crippen molar-refractivity contribution in [2.75, 3.05) is 13.7 Å². The minimum Gasteiger partial charge on any atom is -0.506 e. The number of benzene rings is 1. The molecule has 0 bridgehead atoms. The number of pyridine rings is 1. The molecule has 0 amide bonds. The molecule has 0 saturated heterocycles. The van der Waals surface area contributed by atoms with Gasteiger partial charge >= 0.3 is 5.97 Å². The zero-order valence-electron chi connectivity index (χ0n) is 14.6. The minimum atomic E-state index is -0.413. The average molecular weight is 352 g/mol. The Kier molecular flexibility index (Phi) is 4.30. The zero-order valence-corrected chi connectivity index (χ0v) is 14.6. The lowest BCUT2D eigenvalue weighted by molar-refractivity contribution is 0.0593. The van der Waals surface area contributed by atoms with E-state index in [1.54, 1.807) is 12.1 Å². The molecule has 0 spiro atoms. The molecule has 1 N–H and O–H groups in total. The maximum absolute atomic E-state index is 11.7. The smallest absolute Gasteiger partial charge is 0.358 e. The Morgan fingerprint density at radius 3 is 3.00 bits per heavy atom. The molecule has 134 valence electrons. The molecule has 7 nitrogen and oxygen atoms in total. The van der Waals surface area contributed by atoms with Crippen molar-refractivity contribution in [3.8, 4) is 5.75 Å². The van der Waals surface area contributed by atoms with Crippen molar-refractivity contribution in [2.24, 2.45) is 0 Å². The number of hydrogen-bond acceptors (Lipinski definition) is 6. The van der Waals surface area contributed by atoms with Crippen LogP contribution in [0.1, 0.15) is 28.3 Å². The van der Waals surface area contributed by atoms with Gasteiger partial charge in [0.05, 0.1) is 18.5 Å². The zero-order chi connectivity index (χ0) is 18.1. The van der Waals surface area contributed by atoms with E-state index in [2.05, 4.69) is 15.0 Å². The fourth-order valence-electron chi connectivity index (χ4n) is 3.36. The van der Waals surface area contributed by atoms with E-state index < -0.39 is 5.97 Å². The van der Waals surface area contributed by atoms with Crippen LogP contribution in [0.3, 0.4) is 0 Å². The van der Waals surface area contributed by atoms with Crippen LogP contribution in [0.2, 0.25) is 0 Å². The van der Waals surface area contributed by atoms with Crippen molar-refractivity contribution >= 4 is 16.9 Å². The molecule has 7 heteroatoms. The van der Waals surface area contributed by atoms with Crippen LogP contribution in [0.25, 0.3) is 10.9 Å². The van der Waals surface area contributed by atoms with E-state index in [9.17, 15) is 9.90 Å². The third-order valence-electron chi connectivity index (χ3n) is 4.63. The van der Waals surface area contributed by atoms with E-state index in [1.807, 2.05) is 28.9 Å². The summed E-state index contributed by atoms with van der Waals surface area (Å²) in [6.07, 6.45) is 0.939. The quantitative estimate of drug-likeness (QED) is 0.729. The second kappa shape index (κ2) is 6.76. The summed E-state index contributed by atoms with van der Waals surface area (Å²) in [6.45, 7) is 3.04. The Balaban J connectivity index is 1.56. The van der Waals surface area contributed by atoms with Gasteiger partial charge in [-0.25, -0.2) is 9.78 Å². The first-order chi connectivity index (χ1) is 12.6. The molecule has 0 saturated carbocycles. The van der Waals surface area contributed by atoms with E-state index in [0.717, 1.165) is 36.3 Å². The van der Waals surface area contributed by atoms with Crippen molar-refractivity contribution in [1.82, 2.24) is 19.7 Å². The van der Waals surface area contributed by atoms with Gasteiger partial charge in [-0.1, -0.05) is 18.2 Å². The van der Waals surface area contributed by atoms with Gasteiger partial charge in [-0.3, -0.25) is 9.58 Å². The topological polar surface area (TPSA) is 80.5 Å². The molecule has 0 unspecified atom stereocenters. The number of esters is 1. The predicted octanol–water partition coefficient (Wildman–Crippen LogP) is 2.33. The molecule has 26 heavy (non-hydrogen) atoms. The summed E-state index contributed by atoms with van der Waals surface area (Å²) >= 11 is 0. The molecule has 0 fully saturated rings. The van der Waals surface area contributed by atoms with Crippen LogP contribution in [0, 0.1) is 0 Å². The van der Waals surface area contributed by atoms with Crippen LogP contribution < -0.4 is 0 Å². The maximum Gasteiger partial charge on any atom is 0.358 e. The van der Waals surface area contributed by atoms with Crippen molar-refractivity contribution in [3.63, 3.8) is 0 Å². The highest BCUT2D eigenvalue weighted by molar-refractivity contribution is 5.87. The fraction of sp³-hybridized carbons (Fsp3) is 0.316. The largest absolute Gasteiger partial charge is 0.506 e. The first kappa shape index (κ1) is 16.5. The number of hydrogen-bond donors (Lipinski definition) is 1. The Morgan fingerprint density at radius 1 is 1.27 bits per heavy atom.